The second-order valence-electron chi connectivity index (χ2n) is 12.2. The summed E-state index contributed by atoms with van der Waals surface area (Å²) in [4.78, 5) is 30.5. The third kappa shape index (κ3) is 5.15. The average molecular weight is 540 g/mol. The van der Waals surface area contributed by atoms with Crippen molar-refractivity contribution in [3.8, 4) is 0 Å². The largest absolute Gasteiger partial charge is 0.352 e. The zero-order valence-electron chi connectivity index (χ0n) is 22.4. The van der Waals surface area contributed by atoms with Crippen LogP contribution in [0.15, 0.2) is 30.7 Å². The van der Waals surface area contributed by atoms with Crippen LogP contribution >= 0.6 is 0 Å². The van der Waals surface area contributed by atoms with Gasteiger partial charge in [0.2, 0.25) is 11.8 Å². The van der Waals surface area contributed by atoms with Crippen LogP contribution < -0.4 is 10.6 Å². The fraction of sp³-hybridized carbons (Fsp3) is 0.607. The number of fused-ring (bicyclic) bond motifs is 1. The first-order valence-corrected chi connectivity index (χ1v) is 13.9. The minimum absolute atomic E-state index is 0.00937. The number of amides is 2. The van der Waals surface area contributed by atoms with E-state index < -0.39 is 12.0 Å². The topological polar surface area (TPSA) is 106 Å². The van der Waals surface area contributed by atoms with Crippen molar-refractivity contribution >= 4 is 17.5 Å². The molecule has 0 aliphatic heterocycles. The molecule has 4 fully saturated rings. The number of nitrogens with zero attached hydrogens (tertiary/aromatic N) is 5. The van der Waals surface area contributed by atoms with Crippen LogP contribution in [0.5, 0.6) is 0 Å². The maximum atomic E-state index is 14.0. The van der Waals surface area contributed by atoms with Gasteiger partial charge in [0.25, 0.3) is 5.91 Å². The van der Waals surface area contributed by atoms with Crippen LogP contribution in [0.4, 0.5) is 8.78 Å². The van der Waals surface area contributed by atoms with E-state index in [2.05, 4.69) is 20.8 Å². The van der Waals surface area contributed by atoms with E-state index in [9.17, 15) is 18.4 Å². The van der Waals surface area contributed by atoms with E-state index in [1.54, 1.807) is 33.9 Å². The first-order valence-electron chi connectivity index (χ1n) is 13.9. The fourth-order valence-electron chi connectivity index (χ4n) is 6.61. The van der Waals surface area contributed by atoms with Gasteiger partial charge in [-0.25, -0.2) is 18.3 Å². The Morgan fingerprint density at radius 3 is 2.56 bits per heavy atom. The summed E-state index contributed by atoms with van der Waals surface area (Å²) in [7, 11) is 0. The molecule has 1 atom stereocenters. The number of imidazole rings is 1. The summed E-state index contributed by atoms with van der Waals surface area (Å²) in [5.74, 6) is -2.28. The summed E-state index contributed by atoms with van der Waals surface area (Å²) in [6.07, 6.45) is 9.27. The maximum Gasteiger partial charge on any atom is 0.270 e. The van der Waals surface area contributed by atoms with Gasteiger partial charge in [0.1, 0.15) is 5.69 Å². The number of hydrogen-bond donors (Lipinski definition) is 2. The van der Waals surface area contributed by atoms with Crippen molar-refractivity contribution in [1.29, 1.82) is 0 Å². The van der Waals surface area contributed by atoms with Gasteiger partial charge in [0.15, 0.2) is 5.65 Å². The summed E-state index contributed by atoms with van der Waals surface area (Å²) in [5, 5.41) is 14.8. The zero-order chi connectivity index (χ0) is 27.4. The van der Waals surface area contributed by atoms with Gasteiger partial charge in [-0.2, -0.15) is 10.2 Å². The molecule has 0 aromatic carbocycles. The Morgan fingerprint density at radius 1 is 1.15 bits per heavy atom. The molecule has 0 radical (unpaired) electrons. The zero-order valence-corrected chi connectivity index (χ0v) is 22.4. The molecule has 39 heavy (non-hydrogen) atoms. The minimum Gasteiger partial charge on any atom is -0.352 e. The summed E-state index contributed by atoms with van der Waals surface area (Å²) in [5.41, 5.74) is 2.64. The number of rotatable bonds is 9. The molecule has 0 unspecified atom stereocenters. The van der Waals surface area contributed by atoms with Gasteiger partial charge in [0, 0.05) is 38.0 Å². The van der Waals surface area contributed by atoms with Crippen LogP contribution in [-0.4, -0.2) is 42.1 Å². The Balaban J connectivity index is 1.20. The first-order chi connectivity index (χ1) is 18.6. The second kappa shape index (κ2) is 9.67. The molecular formula is C28H35F2N7O2. The van der Waals surface area contributed by atoms with Crippen molar-refractivity contribution in [1.82, 2.24) is 35.0 Å². The number of nitrogens with one attached hydrogen (secondary N) is 2. The van der Waals surface area contributed by atoms with E-state index in [1.807, 2.05) is 19.9 Å². The smallest absolute Gasteiger partial charge is 0.270 e. The minimum atomic E-state index is -2.68. The maximum absolute atomic E-state index is 14.0. The lowest BCUT2D eigenvalue weighted by Crippen LogP contribution is -2.53. The average Bonchev–Trinajstić information content (AvgIpc) is 3.50. The van der Waals surface area contributed by atoms with Crippen LogP contribution in [0.3, 0.4) is 0 Å². The lowest BCUT2D eigenvalue weighted by atomic mass is 9.43. The molecular weight excluding hydrogens is 504 g/mol. The van der Waals surface area contributed by atoms with E-state index in [1.165, 1.54) is 19.3 Å². The van der Waals surface area contributed by atoms with Gasteiger partial charge < -0.3 is 10.6 Å². The van der Waals surface area contributed by atoms with Crippen molar-refractivity contribution in [2.45, 2.75) is 89.8 Å². The predicted octanol–water partition coefficient (Wildman–Crippen LogP) is 4.61. The molecule has 3 heterocycles. The second-order valence-corrected chi connectivity index (χ2v) is 12.2. The Labute approximate surface area is 225 Å². The summed E-state index contributed by atoms with van der Waals surface area (Å²) in [6, 6.07) is 2.95. The number of carbonyl (C=O) groups excluding carboxylic acids is 2. The molecule has 3 aromatic heterocycles. The highest BCUT2D eigenvalue weighted by Crippen LogP contribution is 2.66. The number of aromatic nitrogens is 5. The Hall–Kier alpha value is -3.37. The molecule has 0 saturated heterocycles. The SMILES string of the molecule is CC(C)n1nccc1C(=O)N[C@H](c1cn2ncc(CNC(=O)CC34CC(C3)C4)cc2n1)C1CCC(F)(F)CC1. The van der Waals surface area contributed by atoms with Crippen LogP contribution in [-0.2, 0) is 11.3 Å². The number of carbonyl (C=O) groups is 2. The highest BCUT2D eigenvalue weighted by Gasteiger charge is 2.56. The van der Waals surface area contributed by atoms with Gasteiger partial charge in [-0.15, -0.1) is 0 Å². The number of hydrogen-bond acceptors (Lipinski definition) is 5. The lowest BCUT2D eigenvalue weighted by Gasteiger charge is -2.61. The highest BCUT2D eigenvalue weighted by atomic mass is 19.3. The van der Waals surface area contributed by atoms with Crippen LogP contribution in [0.2, 0.25) is 0 Å². The molecule has 7 rings (SSSR count). The summed E-state index contributed by atoms with van der Waals surface area (Å²) < 4.78 is 31.2. The quantitative estimate of drug-likeness (QED) is 0.413. The van der Waals surface area contributed by atoms with Gasteiger partial charge in [-0.3, -0.25) is 14.3 Å². The van der Waals surface area contributed by atoms with Gasteiger partial charge in [-0.1, -0.05) is 0 Å². The van der Waals surface area contributed by atoms with Crippen molar-refractivity contribution in [3.63, 3.8) is 0 Å². The first kappa shape index (κ1) is 25.9. The molecule has 9 nitrogen and oxygen atoms in total. The molecule has 208 valence electrons. The monoisotopic (exact) mass is 539 g/mol. The number of halogens is 2. The van der Waals surface area contributed by atoms with Gasteiger partial charge >= 0.3 is 0 Å². The Bertz CT molecular complexity index is 1370. The molecule has 2 amide bonds. The normalized spacial score (nSPS) is 24.7. The van der Waals surface area contributed by atoms with Crippen LogP contribution in [0.25, 0.3) is 5.65 Å². The highest BCUT2D eigenvalue weighted by molar-refractivity contribution is 5.92. The predicted molar refractivity (Wildman–Crippen MR) is 139 cm³/mol. The Kier molecular flexibility index (Phi) is 6.42. The number of alkyl halides is 2. The van der Waals surface area contributed by atoms with Gasteiger partial charge in [-0.05, 0) is 80.9 Å². The third-order valence-corrected chi connectivity index (χ3v) is 8.82. The van der Waals surface area contributed by atoms with Crippen molar-refractivity contribution in [2.24, 2.45) is 17.3 Å². The fourth-order valence-corrected chi connectivity index (χ4v) is 6.61. The van der Waals surface area contributed by atoms with E-state index in [-0.39, 0.29) is 54.9 Å². The third-order valence-electron chi connectivity index (χ3n) is 8.82. The van der Waals surface area contributed by atoms with Crippen molar-refractivity contribution in [2.75, 3.05) is 0 Å². The molecule has 3 aromatic rings. The molecule has 4 aliphatic carbocycles. The van der Waals surface area contributed by atoms with E-state index in [0.29, 0.717) is 30.0 Å². The van der Waals surface area contributed by atoms with Crippen molar-refractivity contribution in [3.05, 3.63) is 47.7 Å². The van der Waals surface area contributed by atoms with E-state index in [0.717, 1.165) is 11.5 Å². The Morgan fingerprint density at radius 2 is 1.90 bits per heavy atom. The molecule has 2 bridgehead atoms. The molecule has 4 aliphatic rings. The van der Waals surface area contributed by atoms with Crippen LogP contribution in [0.1, 0.15) is 99.0 Å². The summed E-state index contributed by atoms with van der Waals surface area (Å²) >= 11 is 0. The summed E-state index contributed by atoms with van der Waals surface area (Å²) in [6.45, 7) is 4.24. The van der Waals surface area contributed by atoms with Gasteiger partial charge in [0.05, 0.1) is 24.1 Å². The lowest BCUT2D eigenvalue weighted by molar-refractivity contribution is -0.144. The molecule has 11 heteroatoms. The van der Waals surface area contributed by atoms with E-state index >= 15 is 0 Å². The van der Waals surface area contributed by atoms with Crippen LogP contribution in [0, 0.1) is 17.3 Å². The van der Waals surface area contributed by atoms with E-state index in [4.69, 9.17) is 4.98 Å². The molecule has 4 saturated carbocycles. The van der Waals surface area contributed by atoms with Crippen molar-refractivity contribution < 1.29 is 18.4 Å². The molecule has 2 N–H and O–H groups in total. The molecule has 0 spiro atoms. The standard InChI is InChI=1S/C28H35F2N7O2/c1-17(2)37-22(5-8-32-37)26(39)35-25(20-3-6-28(29,30)7-4-20)21-16-36-23(34-21)9-18(15-33-36)14-31-24(38)13-27-10-19(11-27)12-27/h5,8-9,15-17,19-20,25H,3-4,6-7,10-14H2,1-2H3,(H,31,38)(H,35,39)/t19?,25-,27?/m0/s1.